The number of unbranched alkanes of at least 4 members (excludes halogenated alkanes) is 1. The molecule has 0 fully saturated rings. The Morgan fingerprint density at radius 1 is 1.20 bits per heavy atom. The molecule has 0 aromatic carbocycles. The predicted molar refractivity (Wildman–Crippen MR) is 118 cm³/mol. The lowest BCUT2D eigenvalue weighted by Crippen LogP contribution is -2.35. The summed E-state index contributed by atoms with van der Waals surface area (Å²) in [6, 6.07) is 0. The lowest BCUT2D eigenvalue weighted by atomic mass is 9.89. The lowest BCUT2D eigenvalue weighted by Gasteiger charge is -2.26. The van der Waals surface area contributed by atoms with Gasteiger partial charge in [-0.15, -0.1) is 0 Å². The minimum Gasteiger partial charge on any atom is -0.481 e. The number of ketones is 1. The second-order valence-electron chi connectivity index (χ2n) is 8.25. The summed E-state index contributed by atoms with van der Waals surface area (Å²) in [4.78, 5) is 35.1. The van der Waals surface area contributed by atoms with Crippen molar-refractivity contribution in [3.63, 3.8) is 0 Å². The van der Waals surface area contributed by atoms with E-state index in [-0.39, 0.29) is 29.5 Å². The van der Waals surface area contributed by atoms with Crippen molar-refractivity contribution in [3.8, 4) is 0 Å². The number of allylic oxidation sites excluding steroid dienone is 4. The first-order chi connectivity index (χ1) is 13.9. The SMILES string of the molecule is CC(C)=C[C@H](C)C[C@H](C)/C=C\C(=O)NC1=C[C@](O)(CCCCC(=O)O)C=C(Cl)C1=O. The summed E-state index contributed by atoms with van der Waals surface area (Å²) in [6.45, 7) is 8.23. The van der Waals surface area contributed by atoms with Crippen LogP contribution in [0, 0.1) is 11.8 Å². The van der Waals surface area contributed by atoms with Crippen LogP contribution < -0.4 is 5.32 Å². The number of hydrogen-bond donors (Lipinski definition) is 3. The first kappa shape index (κ1) is 25.9. The van der Waals surface area contributed by atoms with Gasteiger partial charge in [-0.2, -0.15) is 0 Å². The summed E-state index contributed by atoms with van der Waals surface area (Å²) in [5, 5.41) is 21.7. The summed E-state index contributed by atoms with van der Waals surface area (Å²) in [7, 11) is 0. The van der Waals surface area contributed by atoms with Crippen LogP contribution in [0.1, 0.15) is 59.8 Å². The van der Waals surface area contributed by atoms with Crippen LogP contribution in [0.3, 0.4) is 0 Å². The normalized spacial score (nSPS) is 20.9. The topological polar surface area (TPSA) is 104 Å². The number of carboxylic acids is 1. The van der Waals surface area contributed by atoms with Crippen molar-refractivity contribution >= 4 is 29.3 Å². The molecule has 7 heteroatoms. The van der Waals surface area contributed by atoms with Crippen molar-refractivity contribution in [3.05, 3.63) is 46.7 Å². The van der Waals surface area contributed by atoms with Gasteiger partial charge in [0.15, 0.2) is 0 Å². The van der Waals surface area contributed by atoms with Crippen molar-refractivity contribution in [2.45, 2.75) is 65.4 Å². The van der Waals surface area contributed by atoms with Crippen LogP contribution in [-0.4, -0.2) is 33.5 Å². The van der Waals surface area contributed by atoms with Crippen LogP contribution in [0.5, 0.6) is 0 Å². The summed E-state index contributed by atoms with van der Waals surface area (Å²) in [5.41, 5.74) is -0.342. The van der Waals surface area contributed by atoms with Crippen molar-refractivity contribution < 1.29 is 24.6 Å². The Morgan fingerprint density at radius 2 is 1.87 bits per heavy atom. The molecule has 3 N–H and O–H groups in total. The van der Waals surface area contributed by atoms with Crippen molar-refractivity contribution in [1.82, 2.24) is 5.32 Å². The summed E-state index contributed by atoms with van der Waals surface area (Å²) < 4.78 is 0. The van der Waals surface area contributed by atoms with Gasteiger partial charge < -0.3 is 15.5 Å². The molecular weight excluding hydrogens is 406 g/mol. The third kappa shape index (κ3) is 9.55. The van der Waals surface area contributed by atoms with E-state index < -0.39 is 23.3 Å². The molecule has 6 nitrogen and oxygen atoms in total. The molecule has 0 unspecified atom stereocenters. The van der Waals surface area contributed by atoms with E-state index in [0.717, 1.165) is 6.42 Å². The zero-order chi connectivity index (χ0) is 22.9. The molecule has 1 amide bonds. The quantitative estimate of drug-likeness (QED) is 0.254. The fraction of sp³-hybridized carbons (Fsp3) is 0.522. The van der Waals surface area contributed by atoms with E-state index in [1.54, 1.807) is 6.08 Å². The molecule has 0 saturated heterocycles. The highest BCUT2D eigenvalue weighted by atomic mass is 35.5. The molecule has 1 rings (SSSR count). The maximum absolute atomic E-state index is 12.3. The smallest absolute Gasteiger partial charge is 0.303 e. The maximum atomic E-state index is 12.3. The van der Waals surface area contributed by atoms with Gasteiger partial charge in [0.25, 0.3) is 0 Å². The Balaban J connectivity index is 2.73. The minimum atomic E-state index is -1.51. The van der Waals surface area contributed by atoms with Crippen LogP contribution in [-0.2, 0) is 14.4 Å². The fourth-order valence-electron chi connectivity index (χ4n) is 3.42. The molecule has 0 radical (unpaired) electrons. The van der Waals surface area contributed by atoms with Crippen LogP contribution >= 0.6 is 11.6 Å². The summed E-state index contributed by atoms with van der Waals surface area (Å²) in [6.07, 6.45) is 9.75. The molecule has 0 aliphatic heterocycles. The van der Waals surface area contributed by atoms with Crippen LogP contribution in [0.25, 0.3) is 0 Å². The number of carboxylic acid groups (broad SMARTS) is 1. The van der Waals surface area contributed by atoms with Crippen molar-refractivity contribution in [2.75, 3.05) is 0 Å². The van der Waals surface area contributed by atoms with Gasteiger partial charge in [-0.25, -0.2) is 0 Å². The fourth-order valence-corrected chi connectivity index (χ4v) is 3.71. The Hall–Kier alpha value is -2.18. The van der Waals surface area contributed by atoms with Gasteiger partial charge in [-0.05, 0) is 69.6 Å². The first-order valence-electron chi connectivity index (χ1n) is 10.2. The highest BCUT2D eigenvalue weighted by molar-refractivity contribution is 6.45. The monoisotopic (exact) mass is 437 g/mol. The van der Waals surface area contributed by atoms with Gasteiger partial charge in [-0.1, -0.05) is 43.2 Å². The molecule has 1 aliphatic carbocycles. The second kappa shape index (κ2) is 11.9. The van der Waals surface area contributed by atoms with Gasteiger partial charge in [0.2, 0.25) is 11.7 Å². The third-order valence-electron chi connectivity index (χ3n) is 4.65. The number of amides is 1. The molecule has 1 aliphatic rings. The highest BCUT2D eigenvalue weighted by Gasteiger charge is 2.31. The first-order valence-corrected chi connectivity index (χ1v) is 10.5. The number of aliphatic hydroxyl groups is 1. The van der Waals surface area contributed by atoms with Crippen LogP contribution in [0.15, 0.2) is 46.7 Å². The van der Waals surface area contributed by atoms with E-state index in [4.69, 9.17) is 16.7 Å². The number of aliphatic carboxylic acids is 1. The zero-order valence-electron chi connectivity index (χ0n) is 18.1. The number of nitrogens with one attached hydrogen (secondary N) is 1. The van der Waals surface area contributed by atoms with Crippen molar-refractivity contribution in [1.29, 1.82) is 0 Å². The molecule has 0 bridgehead atoms. The summed E-state index contributed by atoms with van der Waals surface area (Å²) in [5.74, 6) is -1.39. The van der Waals surface area contributed by atoms with Crippen LogP contribution in [0.4, 0.5) is 0 Å². The molecule has 0 aromatic rings. The Morgan fingerprint density at radius 3 is 2.47 bits per heavy atom. The molecule has 30 heavy (non-hydrogen) atoms. The van der Waals surface area contributed by atoms with E-state index in [9.17, 15) is 19.5 Å². The molecule has 0 heterocycles. The lowest BCUT2D eigenvalue weighted by molar-refractivity contribution is -0.137. The van der Waals surface area contributed by atoms with E-state index >= 15 is 0 Å². The average molecular weight is 438 g/mol. The predicted octanol–water partition coefficient (Wildman–Crippen LogP) is 4.25. The average Bonchev–Trinajstić information content (AvgIpc) is 2.60. The summed E-state index contributed by atoms with van der Waals surface area (Å²) >= 11 is 5.96. The third-order valence-corrected chi connectivity index (χ3v) is 4.93. The number of hydrogen-bond acceptors (Lipinski definition) is 4. The zero-order valence-corrected chi connectivity index (χ0v) is 18.8. The van der Waals surface area contributed by atoms with E-state index in [0.29, 0.717) is 18.8 Å². The van der Waals surface area contributed by atoms with E-state index in [1.165, 1.54) is 23.8 Å². The van der Waals surface area contributed by atoms with Gasteiger partial charge in [0.05, 0.1) is 10.7 Å². The number of halogens is 1. The number of carbonyl (C=O) groups excluding carboxylic acids is 2. The minimum absolute atomic E-state index is 0.00498. The van der Waals surface area contributed by atoms with Crippen LogP contribution in [0.2, 0.25) is 0 Å². The molecule has 0 saturated carbocycles. The van der Waals surface area contributed by atoms with Crippen molar-refractivity contribution in [2.24, 2.45) is 11.8 Å². The number of Topliss-reactive ketones (excluding diaryl/α,β-unsaturated/α-hetero) is 1. The van der Waals surface area contributed by atoms with E-state index in [2.05, 4.69) is 18.3 Å². The van der Waals surface area contributed by atoms with E-state index in [1.807, 2.05) is 20.8 Å². The van der Waals surface area contributed by atoms with Gasteiger partial charge in [-0.3, -0.25) is 14.4 Å². The molecule has 0 aromatic heterocycles. The standard InChI is InChI=1S/C23H32ClNO5/c1-15(2)11-17(4)12-16(3)8-9-20(26)25-19-14-23(30,13-18(24)22(19)29)10-6-5-7-21(27)28/h8-9,11,13-14,16-17,30H,5-7,10,12H2,1-4H3,(H,25,26)(H,27,28)/b9-8-/t16-,17+,23+/m1/s1. The Kier molecular flexibility index (Phi) is 10.2. The molecular formula is C23H32ClNO5. The molecule has 166 valence electrons. The Bertz CT molecular complexity index is 776. The number of rotatable bonds is 11. The molecule has 3 atom stereocenters. The number of carbonyl (C=O) groups is 3. The van der Waals surface area contributed by atoms with Gasteiger partial charge in [0, 0.05) is 6.42 Å². The second-order valence-corrected chi connectivity index (χ2v) is 8.66. The maximum Gasteiger partial charge on any atom is 0.303 e. The molecule has 0 spiro atoms. The van der Waals surface area contributed by atoms with Gasteiger partial charge >= 0.3 is 5.97 Å². The highest BCUT2D eigenvalue weighted by Crippen LogP contribution is 2.28. The largest absolute Gasteiger partial charge is 0.481 e. The van der Waals surface area contributed by atoms with Gasteiger partial charge in [0.1, 0.15) is 5.60 Å². The Labute approximate surface area is 183 Å².